The van der Waals surface area contributed by atoms with Crippen LogP contribution in [0.25, 0.3) is 0 Å². The van der Waals surface area contributed by atoms with Gasteiger partial charge in [-0.25, -0.2) is 0 Å². The third-order valence-corrected chi connectivity index (χ3v) is 4.27. The molecule has 0 amide bonds. The Morgan fingerprint density at radius 2 is 1.76 bits per heavy atom. The molecule has 0 aromatic heterocycles. The van der Waals surface area contributed by atoms with E-state index in [1.165, 1.54) is 0 Å². The van der Waals surface area contributed by atoms with Crippen molar-refractivity contribution in [1.29, 1.82) is 0 Å². The van der Waals surface area contributed by atoms with Crippen LogP contribution in [-0.4, -0.2) is 56.5 Å². The third kappa shape index (κ3) is 4.97. The van der Waals surface area contributed by atoms with Crippen molar-refractivity contribution >= 4 is 6.21 Å². The normalized spacial score (nSPS) is 15.5. The van der Waals surface area contributed by atoms with Gasteiger partial charge in [-0.1, -0.05) is 30.3 Å². The molecule has 0 spiro atoms. The molecule has 0 bridgehead atoms. The average molecular weight is 339 g/mol. The van der Waals surface area contributed by atoms with E-state index in [0.717, 1.165) is 48.8 Å². The first-order valence-electron chi connectivity index (χ1n) is 8.57. The predicted octanol–water partition coefficient (Wildman–Crippen LogP) is 2.86. The van der Waals surface area contributed by atoms with Crippen molar-refractivity contribution < 1.29 is 9.47 Å². The molecule has 5 heteroatoms. The molecule has 1 aliphatic heterocycles. The van der Waals surface area contributed by atoms with Crippen molar-refractivity contribution in [2.75, 3.05) is 40.3 Å². The zero-order valence-corrected chi connectivity index (χ0v) is 14.9. The number of nitrogens with zero attached hydrogens (tertiary/aromatic N) is 3. The van der Waals surface area contributed by atoms with E-state index in [9.17, 15) is 0 Å². The van der Waals surface area contributed by atoms with Gasteiger partial charge in [-0.2, -0.15) is 5.10 Å². The Hall–Kier alpha value is -2.53. The molecule has 2 aromatic rings. The fourth-order valence-corrected chi connectivity index (χ4v) is 2.68. The van der Waals surface area contributed by atoms with Gasteiger partial charge >= 0.3 is 0 Å². The van der Waals surface area contributed by atoms with Gasteiger partial charge in [0, 0.05) is 26.2 Å². The maximum atomic E-state index is 5.95. The van der Waals surface area contributed by atoms with Crippen molar-refractivity contribution in [3.8, 4) is 11.5 Å². The van der Waals surface area contributed by atoms with Crippen LogP contribution in [0.1, 0.15) is 11.1 Å². The molecule has 1 heterocycles. The minimum atomic E-state index is 0.510. The second kappa shape index (κ2) is 8.53. The molecule has 0 unspecified atom stereocenters. The Morgan fingerprint density at radius 1 is 1.00 bits per heavy atom. The number of ether oxygens (including phenoxy) is 2. The van der Waals surface area contributed by atoms with Crippen molar-refractivity contribution in [1.82, 2.24) is 9.91 Å². The third-order valence-electron chi connectivity index (χ3n) is 4.27. The van der Waals surface area contributed by atoms with Crippen LogP contribution in [-0.2, 0) is 6.61 Å². The Balaban J connectivity index is 1.66. The highest BCUT2D eigenvalue weighted by Crippen LogP contribution is 2.28. The van der Waals surface area contributed by atoms with Crippen LogP contribution in [0.15, 0.2) is 53.6 Å². The molecule has 0 aliphatic carbocycles. The summed E-state index contributed by atoms with van der Waals surface area (Å²) in [5, 5.41) is 6.69. The van der Waals surface area contributed by atoms with Crippen molar-refractivity contribution in [3.05, 3.63) is 59.7 Å². The van der Waals surface area contributed by atoms with E-state index in [2.05, 4.69) is 22.1 Å². The topological polar surface area (TPSA) is 37.3 Å². The molecule has 5 nitrogen and oxygen atoms in total. The van der Waals surface area contributed by atoms with Gasteiger partial charge in [-0.3, -0.25) is 5.01 Å². The Kier molecular flexibility index (Phi) is 5.90. The Morgan fingerprint density at radius 3 is 2.48 bits per heavy atom. The lowest BCUT2D eigenvalue weighted by Crippen LogP contribution is -2.41. The van der Waals surface area contributed by atoms with E-state index in [4.69, 9.17) is 9.47 Å². The number of methoxy groups -OCH3 is 1. The zero-order valence-electron chi connectivity index (χ0n) is 14.9. The summed E-state index contributed by atoms with van der Waals surface area (Å²) in [6.45, 7) is 4.52. The molecule has 1 aliphatic rings. The van der Waals surface area contributed by atoms with E-state index in [1.54, 1.807) is 7.11 Å². The van der Waals surface area contributed by atoms with E-state index >= 15 is 0 Å². The summed E-state index contributed by atoms with van der Waals surface area (Å²) in [5.41, 5.74) is 2.13. The molecule has 1 saturated heterocycles. The van der Waals surface area contributed by atoms with Gasteiger partial charge < -0.3 is 14.4 Å². The number of likely N-dealkylation sites (N-methyl/N-ethyl adjacent to an activating group) is 1. The zero-order chi connectivity index (χ0) is 17.5. The molecule has 132 valence electrons. The van der Waals surface area contributed by atoms with Crippen LogP contribution < -0.4 is 9.47 Å². The molecule has 25 heavy (non-hydrogen) atoms. The first-order valence-corrected chi connectivity index (χ1v) is 8.57. The highest BCUT2D eigenvalue weighted by atomic mass is 16.5. The number of benzene rings is 2. The molecule has 2 aromatic carbocycles. The number of piperazine rings is 1. The summed E-state index contributed by atoms with van der Waals surface area (Å²) in [7, 11) is 3.80. The minimum absolute atomic E-state index is 0.510. The molecule has 0 saturated carbocycles. The Bertz CT molecular complexity index is 695. The highest BCUT2D eigenvalue weighted by Gasteiger charge is 2.11. The molecular formula is C20H25N3O2. The number of rotatable bonds is 6. The maximum Gasteiger partial charge on any atom is 0.162 e. The minimum Gasteiger partial charge on any atom is -0.493 e. The van der Waals surface area contributed by atoms with Crippen LogP contribution >= 0.6 is 0 Å². The summed E-state index contributed by atoms with van der Waals surface area (Å²) >= 11 is 0. The molecule has 0 N–H and O–H groups in total. The fourth-order valence-electron chi connectivity index (χ4n) is 2.68. The second-order valence-corrected chi connectivity index (χ2v) is 6.19. The lowest BCUT2D eigenvalue weighted by atomic mass is 10.2. The summed E-state index contributed by atoms with van der Waals surface area (Å²) in [6.07, 6.45) is 1.89. The second-order valence-electron chi connectivity index (χ2n) is 6.19. The van der Waals surface area contributed by atoms with Gasteiger partial charge in [-0.15, -0.1) is 0 Å². The predicted molar refractivity (Wildman–Crippen MR) is 100 cm³/mol. The van der Waals surface area contributed by atoms with Gasteiger partial charge in [0.05, 0.1) is 13.3 Å². The van der Waals surface area contributed by atoms with Crippen molar-refractivity contribution in [2.45, 2.75) is 6.61 Å². The van der Waals surface area contributed by atoms with Crippen LogP contribution in [0.2, 0.25) is 0 Å². The maximum absolute atomic E-state index is 5.95. The van der Waals surface area contributed by atoms with Crippen LogP contribution in [0.5, 0.6) is 11.5 Å². The number of hydrogen-bond donors (Lipinski definition) is 0. The van der Waals surface area contributed by atoms with E-state index < -0.39 is 0 Å². The molecule has 0 radical (unpaired) electrons. The van der Waals surface area contributed by atoms with E-state index in [0.29, 0.717) is 6.61 Å². The van der Waals surface area contributed by atoms with Crippen LogP contribution in [0.3, 0.4) is 0 Å². The van der Waals surface area contributed by atoms with Gasteiger partial charge in [0.1, 0.15) is 6.61 Å². The van der Waals surface area contributed by atoms with Gasteiger partial charge in [0.15, 0.2) is 11.5 Å². The lowest BCUT2D eigenvalue weighted by Gasteiger charge is -2.30. The summed E-state index contributed by atoms with van der Waals surface area (Å²) in [5.74, 6) is 1.46. The average Bonchev–Trinajstić information content (AvgIpc) is 2.67. The monoisotopic (exact) mass is 339 g/mol. The SMILES string of the molecule is COc1ccc(/C=N/N2CCN(C)CC2)cc1OCc1ccccc1. The summed E-state index contributed by atoms with van der Waals surface area (Å²) in [6, 6.07) is 16.0. The van der Waals surface area contributed by atoms with Crippen molar-refractivity contribution in [2.24, 2.45) is 5.10 Å². The lowest BCUT2D eigenvalue weighted by molar-refractivity contribution is 0.159. The van der Waals surface area contributed by atoms with Crippen LogP contribution in [0.4, 0.5) is 0 Å². The van der Waals surface area contributed by atoms with E-state index in [1.807, 2.05) is 54.7 Å². The summed E-state index contributed by atoms with van der Waals surface area (Å²) < 4.78 is 11.4. The van der Waals surface area contributed by atoms with Gasteiger partial charge in [0.25, 0.3) is 0 Å². The van der Waals surface area contributed by atoms with Crippen LogP contribution in [0, 0.1) is 0 Å². The largest absolute Gasteiger partial charge is 0.493 e. The fraction of sp³-hybridized carbons (Fsp3) is 0.350. The smallest absolute Gasteiger partial charge is 0.162 e. The number of hydrazone groups is 1. The molecule has 1 fully saturated rings. The first kappa shape index (κ1) is 17.3. The molecular weight excluding hydrogens is 314 g/mol. The standard InChI is InChI=1S/C20H25N3O2/c1-22-10-12-23(13-11-22)21-15-18-8-9-19(24-2)20(14-18)25-16-17-6-4-3-5-7-17/h3-9,14-15H,10-13,16H2,1-2H3/b21-15+. The number of hydrogen-bond acceptors (Lipinski definition) is 5. The quantitative estimate of drug-likeness (QED) is 0.759. The summed E-state index contributed by atoms with van der Waals surface area (Å²) in [4.78, 5) is 2.31. The van der Waals surface area contributed by atoms with E-state index in [-0.39, 0.29) is 0 Å². The highest BCUT2D eigenvalue weighted by molar-refractivity contribution is 5.80. The van der Waals surface area contributed by atoms with Gasteiger partial charge in [-0.05, 0) is 36.4 Å². The van der Waals surface area contributed by atoms with Gasteiger partial charge in [0.2, 0.25) is 0 Å². The first-order chi connectivity index (χ1) is 12.2. The molecule has 0 atom stereocenters. The van der Waals surface area contributed by atoms with Crippen molar-refractivity contribution in [3.63, 3.8) is 0 Å². The Labute approximate surface area is 149 Å². The molecule has 3 rings (SSSR count).